The van der Waals surface area contributed by atoms with Crippen LogP contribution in [0.25, 0.3) is 0 Å². The standard InChI is InChI=1S/C20H32N4O2/c1-20(2,3)24-14-7-16(15-24)18(25)21-17-8-12-23(13-9-17)19(26)22-10-5-4-6-11-22/h7,14-15,17H,4-6,8-13H2,1-3H3,(H,21,25). The van der Waals surface area contributed by atoms with Crippen LogP contribution in [0.3, 0.4) is 0 Å². The Balaban J connectivity index is 1.48. The van der Waals surface area contributed by atoms with Gasteiger partial charge in [0.15, 0.2) is 0 Å². The third kappa shape index (κ3) is 4.40. The SMILES string of the molecule is CC(C)(C)n1ccc(C(=O)NC2CCN(C(=O)N3CCCCC3)CC2)c1. The summed E-state index contributed by atoms with van der Waals surface area (Å²) < 4.78 is 2.06. The van der Waals surface area contributed by atoms with Crippen LogP contribution >= 0.6 is 0 Å². The molecule has 0 saturated carbocycles. The van der Waals surface area contributed by atoms with Crippen molar-refractivity contribution >= 4 is 11.9 Å². The van der Waals surface area contributed by atoms with E-state index < -0.39 is 0 Å². The molecule has 3 heterocycles. The van der Waals surface area contributed by atoms with E-state index >= 15 is 0 Å². The number of aromatic nitrogens is 1. The summed E-state index contributed by atoms with van der Waals surface area (Å²) in [6.07, 6.45) is 8.98. The number of urea groups is 1. The van der Waals surface area contributed by atoms with E-state index in [2.05, 4.69) is 30.7 Å². The highest BCUT2D eigenvalue weighted by molar-refractivity contribution is 5.94. The smallest absolute Gasteiger partial charge is 0.319 e. The highest BCUT2D eigenvalue weighted by Crippen LogP contribution is 2.18. The molecule has 6 heteroatoms. The molecule has 0 aromatic carbocycles. The summed E-state index contributed by atoms with van der Waals surface area (Å²) in [6.45, 7) is 9.57. The zero-order valence-corrected chi connectivity index (χ0v) is 16.3. The zero-order chi connectivity index (χ0) is 18.7. The van der Waals surface area contributed by atoms with Crippen molar-refractivity contribution in [1.82, 2.24) is 19.7 Å². The molecule has 3 rings (SSSR count). The predicted octanol–water partition coefficient (Wildman–Crippen LogP) is 3.04. The van der Waals surface area contributed by atoms with Gasteiger partial charge in [0.05, 0.1) is 5.56 Å². The molecule has 0 unspecified atom stereocenters. The molecule has 2 aliphatic heterocycles. The van der Waals surface area contributed by atoms with Gasteiger partial charge < -0.3 is 19.7 Å². The van der Waals surface area contributed by atoms with Crippen LogP contribution in [0, 0.1) is 0 Å². The van der Waals surface area contributed by atoms with Crippen LogP contribution in [0.4, 0.5) is 4.79 Å². The lowest BCUT2D eigenvalue weighted by atomic mass is 10.0. The fourth-order valence-electron chi connectivity index (χ4n) is 3.72. The van der Waals surface area contributed by atoms with E-state index in [9.17, 15) is 9.59 Å². The summed E-state index contributed by atoms with van der Waals surface area (Å²) in [5.74, 6) is -0.0196. The van der Waals surface area contributed by atoms with E-state index in [0.29, 0.717) is 5.56 Å². The molecule has 2 saturated heterocycles. The highest BCUT2D eigenvalue weighted by Gasteiger charge is 2.28. The van der Waals surface area contributed by atoms with Gasteiger partial charge >= 0.3 is 6.03 Å². The summed E-state index contributed by atoms with van der Waals surface area (Å²) >= 11 is 0. The van der Waals surface area contributed by atoms with Crippen LogP contribution in [-0.2, 0) is 5.54 Å². The van der Waals surface area contributed by atoms with Gasteiger partial charge in [-0.05, 0) is 58.9 Å². The number of piperidine rings is 2. The summed E-state index contributed by atoms with van der Waals surface area (Å²) in [5.41, 5.74) is 0.672. The Labute approximate surface area is 156 Å². The van der Waals surface area contributed by atoms with Crippen LogP contribution < -0.4 is 5.32 Å². The molecular weight excluding hydrogens is 328 g/mol. The second-order valence-corrected chi connectivity index (χ2v) is 8.54. The molecule has 1 N–H and O–H groups in total. The van der Waals surface area contributed by atoms with E-state index in [-0.39, 0.29) is 23.5 Å². The number of rotatable bonds is 2. The lowest BCUT2D eigenvalue weighted by Crippen LogP contribution is -2.51. The number of hydrogen-bond acceptors (Lipinski definition) is 2. The van der Waals surface area contributed by atoms with Gasteiger partial charge in [0.2, 0.25) is 0 Å². The molecule has 0 atom stereocenters. The Morgan fingerprint density at radius 1 is 1.00 bits per heavy atom. The average molecular weight is 361 g/mol. The molecule has 1 aromatic heterocycles. The second-order valence-electron chi connectivity index (χ2n) is 8.54. The Morgan fingerprint density at radius 3 is 2.19 bits per heavy atom. The number of carbonyl (C=O) groups excluding carboxylic acids is 2. The maximum Gasteiger partial charge on any atom is 0.319 e. The van der Waals surface area contributed by atoms with Gasteiger partial charge in [-0.25, -0.2) is 4.79 Å². The minimum Gasteiger partial charge on any atom is -0.349 e. The Hall–Kier alpha value is -1.98. The fraction of sp³-hybridized carbons (Fsp3) is 0.700. The highest BCUT2D eigenvalue weighted by atomic mass is 16.2. The van der Waals surface area contributed by atoms with Gasteiger partial charge in [-0.1, -0.05) is 0 Å². The van der Waals surface area contributed by atoms with Crippen molar-refractivity contribution in [3.63, 3.8) is 0 Å². The molecule has 2 fully saturated rings. The number of carbonyl (C=O) groups is 2. The second kappa shape index (κ2) is 7.72. The van der Waals surface area contributed by atoms with Crippen molar-refractivity contribution < 1.29 is 9.59 Å². The quantitative estimate of drug-likeness (QED) is 0.881. The first kappa shape index (κ1) is 18.8. The summed E-state index contributed by atoms with van der Waals surface area (Å²) in [5, 5.41) is 3.14. The van der Waals surface area contributed by atoms with E-state index in [1.165, 1.54) is 6.42 Å². The zero-order valence-electron chi connectivity index (χ0n) is 16.3. The van der Waals surface area contributed by atoms with E-state index in [1.807, 2.05) is 28.3 Å². The molecule has 1 aromatic rings. The normalized spacial score (nSPS) is 19.5. The molecule has 0 aliphatic carbocycles. The predicted molar refractivity (Wildman–Crippen MR) is 102 cm³/mol. The minimum atomic E-state index is -0.0291. The number of nitrogens with zero attached hydrogens (tertiary/aromatic N) is 3. The van der Waals surface area contributed by atoms with Gasteiger partial charge in [0.1, 0.15) is 0 Å². The van der Waals surface area contributed by atoms with Crippen molar-refractivity contribution in [1.29, 1.82) is 0 Å². The number of hydrogen-bond donors (Lipinski definition) is 1. The maximum atomic E-state index is 12.6. The molecule has 6 nitrogen and oxygen atoms in total. The third-order valence-electron chi connectivity index (χ3n) is 5.46. The molecular formula is C20H32N4O2. The summed E-state index contributed by atoms with van der Waals surface area (Å²) in [4.78, 5) is 29.0. The van der Waals surface area contributed by atoms with Crippen molar-refractivity contribution in [3.8, 4) is 0 Å². The Kier molecular flexibility index (Phi) is 5.58. The first-order valence-electron chi connectivity index (χ1n) is 9.88. The number of likely N-dealkylation sites (tertiary alicyclic amines) is 2. The topological polar surface area (TPSA) is 57.6 Å². The van der Waals surface area contributed by atoms with Crippen molar-refractivity contribution in [2.45, 2.75) is 64.5 Å². The van der Waals surface area contributed by atoms with Crippen LogP contribution in [-0.4, -0.2) is 58.5 Å². The van der Waals surface area contributed by atoms with Crippen LogP contribution in [0.15, 0.2) is 18.5 Å². The van der Waals surface area contributed by atoms with Crippen LogP contribution in [0.1, 0.15) is 63.2 Å². The van der Waals surface area contributed by atoms with E-state index in [4.69, 9.17) is 0 Å². The first-order chi connectivity index (χ1) is 12.3. The Bertz CT molecular complexity index is 632. The van der Waals surface area contributed by atoms with Crippen LogP contribution in [0.2, 0.25) is 0 Å². The fourth-order valence-corrected chi connectivity index (χ4v) is 3.72. The number of nitrogens with one attached hydrogen (secondary N) is 1. The number of amides is 3. The molecule has 26 heavy (non-hydrogen) atoms. The Morgan fingerprint density at radius 2 is 1.62 bits per heavy atom. The van der Waals surface area contributed by atoms with Crippen molar-refractivity contribution in [2.75, 3.05) is 26.2 Å². The molecule has 2 aliphatic rings. The van der Waals surface area contributed by atoms with Crippen molar-refractivity contribution in [3.05, 3.63) is 24.0 Å². The van der Waals surface area contributed by atoms with Gasteiger partial charge in [-0.15, -0.1) is 0 Å². The molecule has 0 spiro atoms. The monoisotopic (exact) mass is 360 g/mol. The van der Waals surface area contributed by atoms with Crippen molar-refractivity contribution in [2.24, 2.45) is 0 Å². The maximum absolute atomic E-state index is 12.6. The minimum absolute atomic E-state index is 0.0196. The van der Waals surface area contributed by atoms with Gasteiger partial charge in [0, 0.05) is 50.2 Å². The molecule has 3 amide bonds. The summed E-state index contributed by atoms with van der Waals surface area (Å²) in [6, 6.07) is 2.19. The largest absolute Gasteiger partial charge is 0.349 e. The molecule has 0 bridgehead atoms. The van der Waals surface area contributed by atoms with Gasteiger partial charge in [0.25, 0.3) is 5.91 Å². The van der Waals surface area contributed by atoms with E-state index in [1.54, 1.807) is 0 Å². The molecule has 144 valence electrons. The molecule has 0 radical (unpaired) electrons. The van der Waals surface area contributed by atoms with E-state index in [0.717, 1.165) is 51.9 Å². The van der Waals surface area contributed by atoms with Crippen LogP contribution in [0.5, 0.6) is 0 Å². The third-order valence-corrected chi connectivity index (χ3v) is 5.46. The summed E-state index contributed by atoms with van der Waals surface area (Å²) in [7, 11) is 0. The lowest BCUT2D eigenvalue weighted by molar-refractivity contribution is 0.0908. The van der Waals surface area contributed by atoms with Gasteiger partial charge in [-0.3, -0.25) is 4.79 Å². The average Bonchev–Trinajstić information content (AvgIpc) is 3.13. The first-order valence-corrected chi connectivity index (χ1v) is 9.88. The van der Waals surface area contributed by atoms with Gasteiger partial charge in [-0.2, -0.15) is 0 Å². The lowest BCUT2D eigenvalue weighted by Gasteiger charge is -2.37.